The van der Waals surface area contributed by atoms with E-state index >= 15 is 0 Å². The molecule has 4 nitrogen and oxygen atoms in total. The van der Waals surface area contributed by atoms with Crippen LogP contribution < -0.4 is 5.32 Å². The fourth-order valence-electron chi connectivity index (χ4n) is 3.49. The predicted molar refractivity (Wildman–Crippen MR) is 113 cm³/mol. The number of para-hydroxylation sites is 1. The number of carbonyl (C=O) groups is 1. The topological polar surface area (TPSA) is 54.3 Å². The van der Waals surface area contributed by atoms with Crippen LogP contribution >= 0.6 is 10.3 Å². The van der Waals surface area contributed by atoms with E-state index in [1.54, 1.807) is 12.2 Å². The van der Waals surface area contributed by atoms with Crippen molar-refractivity contribution in [1.29, 1.82) is 0 Å². The monoisotopic (exact) mass is 414 g/mol. The van der Waals surface area contributed by atoms with Gasteiger partial charge in [-0.25, -0.2) is 8.78 Å². The number of allylic oxidation sites excluding steroid dienone is 3. The molecule has 0 saturated heterocycles. The van der Waals surface area contributed by atoms with Crippen LogP contribution in [0.4, 0.5) is 13.6 Å². The van der Waals surface area contributed by atoms with Gasteiger partial charge in [-0.3, -0.25) is 4.79 Å². The van der Waals surface area contributed by atoms with Crippen molar-refractivity contribution in [2.45, 2.75) is 20.0 Å². The highest BCUT2D eigenvalue weighted by Crippen LogP contribution is 2.57. The van der Waals surface area contributed by atoms with E-state index in [0.717, 1.165) is 34.8 Å². The van der Waals surface area contributed by atoms with Gasteiger partial charge in [-0.05, 0) is 63.9 Å². The first kappa shape index (κ1) is 19.4. The smallest absolute Gasteiger partial charge is 0.291 e. The van der Waals surface area contributed by atoms with Crippen LogP contribution in [0, 0.1) is 18.6 Å². The van der Waals surface area contributed by atoms with Gasteiger partial charge in [-0.1, -0.05) is 24.3 Å². The Kier molecular flexibility index (Phi) is 5.02. The Morgan fingerprint density at radius 2 is 1.86 bits per heavy atom. The minimum absolute atomic E-state index is 0.0740. The van der Waals surface area contributed by atoms with Gasteiger partial charge in [-0.2, -0.15) is 0 Å². The Hall–Kier alpha value is -2.90. The number of nitrogens with one attached hydrogen (secondary N) is 1. The highest BCUT2D eigenvalue weighted by atomic mass is 32.3. The molecule has 1 atom stereocenters. The number of aromatic nitrogens is 1. The van der Waals surface area contributed by atoms with Gasteiger partial charge >= 0.3 is 0 Å². The van der Waals surface area contributed by atoms with E-state index in [-0.39, 0.29) is 6.54 Å². The van der Waals surface area contributed by atoms with Crippen molar-refractivity contribution in [3.63, 3.8) is 0 Å². The maximum Gasteiger partial charge on any atom is 0.291 e. The van der Waals surface area contributed by atoms with Crippen LogP contribution in [-0.4, -0.2) is 14.4 Å². The molecule has 3 aromatic rings. The van der Waals surface area contributed by atoms with E-state index < -0.39 is 27.2 Å². The molecule has 0 radical (unpaired) electrons. The molecule has 2 N–H and O–H groups in total. The highest BCUT2D eigenvalue weighted by Gasteiger charge is 2.34. The van der Waals surface area contributed by atoms with Gasteiger partial charge in [0.25, 0.3) is 5.24 Å². The molecule has 29 heavy (non-hydrogen) atoms. The lowest BCUT2D eigenvalue weighted by molar-refractivity contribution is 0.258. The second-order valence-electron chi connectivity index (χ2n) is 6.94. The Balaban J connectivity index is 1.53. The number of hydrogen-bond acceptors (Lipinski definition) is 2. The molecule has 0 bridgehead atoms. The largest absolute Gasteiger partial charge is 0.342 e. The van der Waals surface area contributed by atoms with E-state index in [0.29, 0.717) is 17.0 Å². The lowest BCUT2D eigenvalue weighted by Gasteiger charge is -2.29. The number of amides is 1. The molecule has 0 saturated carbocycles. The first-order valence-corrected chi connectivity index (χ1v) is 10.7. The molecule has 0 fully saturated rings. The van der Waals surface area contributed by atoms with Crippen LogP contribution in [0.1, 0.15) is 11.3 Å². The zero-order valence-electron chi connectivity index (χ0n) is 15.7. The number of benzene rings is 2. The van der Waals surface area contributed by atoms with Crippen molar-refractivity contribution in [2.24, 2.45) is 0 Å². The second kappa shape index (κ2) is 7.50. The maximum atomic E-state index is 13.3. The van der Waals surface area contributed by atoms with Crippen LogP contribution in [0.3, 0.4) is 0 Å². The quantitative estimate of drug-likeness (QED) is 0.565. The molecular weight excluding hydrogens is 394 g/mol. The average molecular weight is 414 g/mol. The van der Waals surface area contributed by atoms with Crippen LogP contribution in [0.5, 0.6) is 0 Å². The first-order chi connectivity index (χ1) is 13.9. The Morgan fingerprint density at radius 3 is 2.62 bits per heavy atom. The van der Waals surface area contributed by atoms with Gasteiger partial charge in [0.15, 0.2) is 0 Å². The van der Waals surface area contributed by atoms with E-state index in [1.165, 1.54) is 5.41 Å². The van der Waals surface area contributed by atoms with Crippen molar-refractivity contribution in [2.75, 3.05) is 0 Å². The van der Waals surface area contributed by atoms with Crippen LogP contribution in [0.2, 0.25) is 0 Å². The number of hydrogen-bond donors (Lipinski definition) is 2. The molecule has 1 amide bonds. The van der Waals surface area contributed by atoms with Crippen LogP contribution in [0.15, 0.2) is 71.0 Å². The minimum Gasteiger partial charge on any atom is -0.342 e. The fourth-order valence-corrected chi connectivity index (χ4v) is 5.24. The molecular formula is C22H20F2N2O2S. The maximum absolute atomic E-state index is 13.3. The van der Waals surface area contributed by atoms with Crippen molar-refractivity contribution in [3.8, 4) is 0 Å². The lowest BCUT2D eigenvalue weighted by Crippen LogP contribution is -2.27. The molecule has 4 rings (SSSR count). The SMILES string of the molecule is Cc1cc2ccccc2n1CC1=CC=CS1(O)C(=O)NCc1cc(F)cc(F)c1. The number of aryl methyl sites for hydroxylation is 1. The Labute approximate surface area is 168 Å². The van der Waals surface area contributed by atoms with Crippen LogP contribution in [0.25, 0.3) is 10.9 Å². The third kappa shape index (κ3) is 3.71. The zero-order chi connectivity index (χ0) is 20.6. The van der Waals surface area contributed by atoms with E-state index in [9.17, 15) is 18.1 Å². The molecule has 0 spiro atoms. The molecule has 1 aliphatic rings. The van der Waals surface area contributed by atoms with Gasteiger partial charge in [0, 0.05) is 28.7 Å². The summed E-state index contributed by atoms with van der Waals surface area (Å²) >= 11 is 0. The summed E-state index contributed by atoms with van der Waals surface area (Å²) in [5, 5.41) is 4.65. The summed E-state index contributed by atoms with van der Waals surface area (Å²) in [5.74, 6) is -1.42. The number of nitrogens with zero attached hydrogens (tertiary/aromatic N) is 1. The van der Waals surface area contributed by atoms with Crippen molar-refractivity contribution in [1.82, 2.24) is 9.88 Å². The third-order valence-corrected chi connectivity index (χ3v) is 7.26. The number of carbonyl (C=O) groups excluding carboxylic acids is 1. The Bertz CT molecular complexity index is 1150. The molecule has 150 valence electrons. The third-order valence-electron chi connectivity index (χ3n) is 4.93. The summed E-state index contributed by atoms with van der Waals surface area (Å²) in [5.41, 5.74) is 2.34. The predicted octanol–water partition coefficient (Wildman–Crippen LogP) is 5.83. The van der Waals surface area contributed by atoms with E-state index in [4.69, 9.17) is 0 Å². The van der Waals surface area contributed by atoms with E-state index in [2.05, 4.69) is 16.0 Å². The van der Waals surface area contributed by atoms with Crippen molar-refractivity contribution >= 4 is 26.5 Å². The summed E-state index contributed by atoms with van der Waals surface area (Å²) < 4.78 is 39.9. The van der Waals surface area contributed by atoms with Gasteiger partial charge in [0.2, 0.25) is 0 Å². The van der Waals surface area contributed by atoms with Gasteiger partial charge in [0.1, 0.15) is 11.6 Å². The molecule has 1 aromatic heterocycles. The summed E-state index contributed by atoms with van der Waals surface area (Å²) in [4.78, 5) is 13.4. The normalized spacial score (nSPS) is 20.5. The molecule has 1 aliphatic heterocycles. The molecule has 0 aliphatic carbocycles. The van der Waals surface area contributed by atoms with Gasteiger partial charge in [-0.15, -0.1) is 0 Å². The first-order valence-electron chi connectivity index (χ1n) is 9.07. The summed E-state index contributed by atoms with van der Waals surface area (Å²) in [7, 11) is -2.85. The molecule has 2 aromatic carbocycles. The summed E-state index contributed by atoms with van der Waals surface area (Å²) in [6.45, 7) is 2.28. The van der Waals surface area contributed by atoms with Crippen LogP contribution in [-0.2, 0) is 13.1 Å². The standard InChI is InChI=1S/C22H20F2N2O2S/c1-15-9-17-5-2-3-7-21(17)26(15)14-20-6-4-8-29(20,28)22(27)25-13-16-10-18(23)12-19(24)11-16/h2-12,28H,13-14H2,1H3,(H,25,27). The molecule has 7 heteroatoms. The summed E-state index contributed by atoms with van der Waals surface area (Å²) in [6.07, 6.45) is 3.43. The summed E-state index contributed by atoms with van der Waals surface area (Å²) in [6, 6.07) is 13.1. The van der Waals surface area contributed by atoms with Gasteiger partial charge < -0.3 is 14.4 Å². The van der Waals surface area contributed by atoms with Gasteiger partial charge in [0.05, 0.1) is 6.54 Å². The van der Waals surface area contributed by atoms with Crippen molar-refractivity contribution in [3.05, 3.63) is 93.9 Å². The zero-order valence-corrected chi connectivity index (χ0v) is 16.5. The van der Waals surface area contributed by atoms with E-state index in [1.807, 2.05) is 31.2 Å². The Morgan fingerprint density at radius 1 is 1.14 bits per heavy atom. The number of halogens is 2. The lowest BCUT2D eigenvalue weighted by atomic mass is 10.2. The number of fused-ring (bicyclic) bond motifs is 1. The minimum atomic E-state index is -2.85. The number of rotatable bonds is 4. The average Bonchev–Trinajstić information content (AvgIpc) is 3.20. The molecule has 1 unspecified atom stereocenters. The van der Waals surface area contributed by atoms with Crippen molar-refractivity contribution < 1.29 is 18.1 Å². The second-order valence-corrected chi connectivity index (χ2v) is 9.36. The highest BCUT2D eigenvalue weighted by molar-refractivity contribution is 8.46. The fraction of sp³-hybridized carbons (Fsp3) is 0.136. The molecule has 2 heterocycles.